The van der Waals surface area contributed by atoms with Crippen molar-refractivity contribution in [2.24, 2.45) is 12.8 Å². The van der Waals surface area contributed by atoms with Crippen molar-refractivity contribution < 1.29 is 23.0 Å². The summed E-state index contributed by atoms with van der Waals surface area (Å²) in [6, 6.07) is 2.61. The molecule has 1 aromatic carbocycles. The van der Waals surface area contributed by atoms with Gasteiger partial charge in [-0.25, -0.2) is 15.0 Å². The second-order valence-electron chi connectivity index (χ2n) is 7.16. The number of nitrogens with one attached hydrogen (secondary N) is 2. The maximum atomic E-state index is 13.1. The summed E-state index contributed by atoms with van der Waals surface area (Å²) in [6.07, 6.45) is 0.845. The number of alkyl halides is 3. The number of phenolic OH excluding ortho intramolecular Hbond substituents is 1. The minimum Gasteiger partial charge on any atom is -0.508 e. The highest BCUT2D eigenvalue weighted by atomic mass is 35.5. The van der Waals surface area contributed by atoms with Crippen molar-refractivity contribution in [3.8, 4) is 11.5 Å². The highest BCUT2D eigenvalue weighted by Gasteiger charge is 2.31. The molecule has 0 saturated heterocycles. The van der Waals surface area contributed by atoms with Crippen LogP contribution in [0, 0.1) is 0 Å². The van der Waals surface area contributed by atoms with Crippen molar-refractivity contribution >= 4 is 46.0 Å². The molecule has 0 aliphatic carbocycles. The largest absolute Gasteiger partial charge is 0.508 e. The average Bonchev–Trinajstić information content (AvgIpc) is 3.13. The number of aromatic nitrogens is 5. The predicted octanol–water partition coefficient (Wildman–Crippen LogP) is 4.26. The maximum Gasteiger partial charge on any atom is 0.416 e. The minimum atomic E-state index is -4.63. The van der Waals surface area contributed by atoms with Gasteiger partial charge in [-0.05, 0) is 12.1 Å². The molecule has 0 unspecified atom stereocenters. The number of hydrogen-bond donors (Lipinski definition) is 4. The number of rotatable bonds is 6. The maximum absolute atomic E-state index is 13.1. The summed E-state index contributed by atoms with van der Waals surface area (Å²) >= 11 is 6.55. The number of nitrogens with zero attached hydrogens (tertiary/aromatic N) is 5. The van der Waals surface area contributed by atoms with E-state index in [9.17, 15) is 18.3 Å². The van der Waals surface area contributed by atoms with E-state index in [1.165, 1.54) is 29.4 Å². The Labute approximate surface area is 201 Å². The number of ether oxygens (including phenoxy) is 1. The molecule has 10 nitrogen and oxygen atoms in total. The summed E-state index contributed by atoms with van der Waals surface area (Å²) in [6.45, 7) is 0. The number of aromatic hydroxyl groups is 1. The van der Waals surface area contributed by atoms with E-state index in [1.54, 1.807) is 14.1 Å². The Balaban J connectivity index is 1.66. The number of imidazole rings is 1. The summed E-state index contributed by atoms with van der Waals surface area (Å²) in [5.74, 6) is 0.438. The first kappa shape index (κ1) is 23.9. The summed E-state index contributed by atoms with van der Waals surface area (Å²) in [7, 11) is 3.29. The summed E-state index contributed by atoms with van der Waals surface area (Å²) in [4.78, 5) is 16.9. The zero-order chi connectivity index (χ0) is 25.3. The van der Waals surface area contributed by atoms with Gasteiger partial charge in [0.1, 0.15) is 27.8 Å². The van der Waals surface area contributed by atoms with Crippen LogP contribution in [0.25, 0.3) is 16.9 Å². The Morgan fingerprint density at radius 1 is 1.17 bits per heavy atom. The van der Waals surface area contributed by atoms with Crippen LogP contribution < -0.4 is 21.1 Å². The fourth-order valence-electron chi connectivity index (χ4n) is 3.15. The molecular weight excluding hydrogens is 489 g/mol. The second kappa shape index (κ2) is 9.18. The smallest absolute Gasteiger partial charge is 0.416 e. The number of halogens is 4. The summed E-state index contributed by atoms with van der Waals surface area (Å²) < 4.78 is 46.6. The van der Waals surface area contributed by atoms with Gasteiger partial charge in [0.2, 0.25) is 5.95 Å². The Hall–Kier alpha value is -4.26. The number of pyridine rings is 1. The lowest BCUT2D eigenvalue weighted by Gasteiger charge is -2.12. The van der Waals surface area contributed by atoms with E-state index in [2.05, 4.69) is 30.6 Å². The zero-order valence-corrected chi connectivity index (χ0v) is 19.0. The van der Waals surface area contributed by atoms with Crippen molar-refractivity contribution in [2.45, 2.75) is 6.18 Å². The number of anilines is 3. The molecule has 4 rings (SSSR count). The minimum absolute atomic E-state index is 0.0275. The molecule has 0 radical (unpaired) electrons. The van der Waals surface area contributed by atoms with E-state index in [0.717, 1.165) is 12.1 Å². The van der Waals surface area contributed by atoms with Crippen molar-refractivity contribution in [1.82, 2.24) is 24.5 Å². The van der Waals surface area contributed by atoms with Crippen molar-refractivity contribution in [1.29, 1.82) is 0 Å². The van der Waals surface area contributed by atoms with Crippen LogP contribution >= 0.6 is 11.6 Å². The quantitative estimate of drug-likeness (QED) is 0.283. The molecule has 3 aromatic heterocycles. The molecule has 0 amide bonds. The number of phenols is 1. The van der Waals surface area contributed by atoms with Crippen LogP contribution in [0.5, 0.6) is 11.5 Å². The molecule has 0 spiro atoms. The van der Waals surface area contributed by atoms with Gasteiger partial charge in [0.15, 0.2) is 17.2 Å². The number of fused-ring (bicyclic) bond motifs is 1. The van der Waals surface area contributed by atoms with E-state index in [1.807, 2.05) is 0 Å². The molecule has 5 N–H and O–H groups in total. The Morgan fingerprint density at radius 2 is 1.94 bits per heavy atom. The first-order valence-corrected chi connectivity index (χ1v) is 10.3. The zero-order valence-electron chi connectivity index (χ0n) is 18.2. The molecule has 14 heteroatoms. The standard InChI is InChI=1S/C21H18ClF3N8O2/c1-27-16-9-28-13(7-29-16)14(6-26)35-15-8-30-19-18(17(15)22)33(2)20(32-19)31-11-3-10(21(23,24)25)4-12(34)5-11/h3-9,34H,26H2,1-2H3,(H,27,29)(H,30,31,32). The van der Waals surface area contributed by atoms with Crippen molar-refractivity contribution in [2.75, 3.05) is 17.7 Å². The third kappa shape index (κ3) is 4.84. The third-order valence-corrected chi connectivity index (χ3v) is 5.20. The van der Waals surface area contributed by atoms with Gasteiger partial charge in [0.25, 0.3) is 0 Å². The molecule has 0 aliphatic rings. The molecule has 35 heavy (non-hydrogen) atoms. The van der Waals surface area contributed by atoms with Crippen LogP contribution in [0.4, 0.5) is 30.6 Å². The summed E-state index contributed by atoms with van der Waals surface area (Å²) in [5.41, 5.74) is 5.55. The van der Waals surface area contributed by atoms with Crippen LogP contribution in [0.2, 0.25) is 5.02 Å². The van der Waals surface area contributed by atoms with Gasteiger partial charge in [0.05, 0.1) is 24.2 Å². The van der Waals surface area contributed by atoms with Crippen molar-refractivity contribution in [3.63, 3.8) is 0 Å². The summed E-state index contributed by atoms with van der Waals surface area (Å²) in [5, 5.41) is 15.4. The van der Waals surface area contributed by atoms with Crippen LogP contribution in [0.3, 0.4) is 0 Å². The number of aryl methyl sites for hydroxylation is 1. The van der Waals surface area contributed by atoms with Gasteiger partial charge >= 0.3 is 6.18 Å². The van der Waals surface area contributed by atoms with E-state index < -0.39 is 17.5 Å². The fraction of sp³-hybridized carbons (Fsp3) is 0.143. The first-order chi connectivity index (χ1) is 16.6. The van der Waals surface area contributed by atoms with Gasteiger partial charge < -0.3 is 30.8 Å². The first-order valence-electron chi connectivity index (χ1n) is 9.89. The highest BCUT2D eigenvalue weighted by Crippen LogP contribution is 2.37. The van der Waals surface area contributed by atoms with Gasteiger partial charge in [-0.3, -0.25) is 0 Å². The molecule has 0 aliphatic heterocycles. The molecule has 182 valence electrons. The fourth-order valence-corrected chi connectivity index (χ4v) is 3.44. The normalized spacial score (nSPS) is 12.1. The highest BCUT2D eigenvalue weighted by molar-refractivity contribution is 6.36. The predicted molar refractivity (Wildman–Crippen MR) is 124 cm³/mol. The van der Waals surface area contributed by atoms with Crippen LogP contribution in [0.1, 0.15) is 11.3 Å². The van der Waals surface area contributed by atoms with E-state index >= 15 is 0 Å². The average molecular weight is 507 g/mol. The molecular formula is C21H18ClF3N8O2. The van der Waals surface area contributed by atoms with Crippen LogP contribution in [-0.2, 0) is 13.2 Å². The van der Waals surface area contributed by atoms with Gasteiger partial charge in [-0.2, -0.15) is 18.2 Å². The van der Waals surface area contributed by atoms with Gasteiger partial charge in [0, 0.05) is 32.0 Å². The molecule has 4 aromatic rings. The molecule has 0 atom stereocenters. The monoisotopic (exact) mass is 506 g/mol. The lowest BCUT2D eigenvalue weighted by molar-refractivity contribution is -0.137. The Bertz CT molecular complexity index is 1420. The number of benzene rings is 1. The van der Waals surface area contributed by atoms with E-state index in [4.69, 9.17) is 22.1 Å². The Kier molecular flexibility index (Phi) is 6.26. The molecule has 0 saturated carbocycles. The van der Waals surface area contributed by atoms with Gasteiger partial charge in [-0.15, -0.1) is 0 Å². The topological polar surface area (TPSA) is 136 Å². The van der Waals surface area contributed by atoms with E-state index in [0.29, 0.717) is 23.1 Å². The lowest BCUT2D eigenvalue weighted by atomic mass is 10.2. The third-order valence-electron chi connectivity index (χ3n) is 4.84. The van der Waals surface area contributed by atoms with E-state index in [-0.39, 0.29) is 33.8 Å². The second-order valence-corrected chi connectivity index (χ2v) is 7.54. The molecule has 3 heterocycles. The Morgan fingerprint density at radius 3 is 2.57 bits per heavy atom. The number of nitrogens with two attached hydrogens (primary N) is 1. The SMILES string of the molecule is CNc1cnc(C(=CN)Oc2cnc3nc(Nc4cc(O)cc(C(F)(F)F)c4)n(C)c3c2Cl)cn1. The van der Waals surface area contributed by atoms with Crippen molar-refractivity contribution in [3.05, 3.63) is 59.3 Å². The van der Waals surface area contributed by atoms with Crippen LogP contribution in [0.15, 0.2) is 43.0 Å². The van der Waals surface area contributed by atoms with Gasteiger partial charge in [-0.1, -0.05) is 11.6 Å². The molecule has 0 fully saturated rings. The number of hydrogen-bond acceptors (Lipinski definition) is 9. The van der Waals surface area contributed by atoms with Crippen LogP contribution in [-0.4, -0.2) is 36.7 Å². The molecule has 0 bridgehead atoms. The lowest BCUT2D eigenvalue weighted by Crippen LogP contribution is -2.06.